The standard InChI is InChI=1S/C73H135NO18/c1-3-5-7-9-11-13-15-17-19-21-23-25-27-29-30-32-34-36-38-40-42-44-46-48-50-57(78)56(74-61(79)51-49-47-45-43-41-39-37-35-33-31-28-26-24-22-20-18-16-14-12-10-8-6-4-2)55-87-71-67(85)64(82)69(59(53-76)89-71)92-73-68(86)65(83)70(60(54-77)90-73)91-72-66(84)63(81)62(80)58(52-75)88-72/h16,18,22,24,48,50,56-60,62-73,75-78,80-86H,3-15,17,19-21,23,25-47,49,51-55H2,1-2H3,(H,74,79)/b18-16-,24-22-,50-48+. The Bertz CT molecular complexity index is 1810. The normalized spacial score (nSPS) is 27.9. The molecule has 3 aliphatic heterocycles. The molecule has 0 aromatic heterocycles. The van der Waals surface area contributed by atoms with Crippen LogP contribution in [0.2, 0.25) is 0 Å². The van der Waals surface area contributed by atoms with Gasteiger partial charge in [0.15, 0.2) is 18.9 Å². The molecule has 0 radical (unpaired) electrons. The summed E-state index contributed by atoms with van der Waals surface area (Å²) in [4.78, 5) is 13.4. The third kappa shape index (κ3) is 36.0. The highest BCUT2D eigenvalue weighted by Crippen LogP contribution is 2.33. The first-order valence-corrected chi connectivity index (χ1v) is 37.2. The summed E-state index contributed by atoms with van der Waals surface area (Å²) < 4.78 is 34.4. The molecule has 1 amide bonds. The topological polar surface area (TPSA) is 307 Å². The number of hydrogen-bond acceptors (Lipinski definition) is 18. The van der Waals surface area contributed by atoms with Gasteiger partial charge in [0.1, 0.15) is 73.2 Å². The molecule has 0 aliphatic carbocycles. The monoisotopic (exact) mass is 1310 g/mol. The van der Waals surface area contributed by atoms with Crippen molar-refractivity contribution in [3.05, 3.63) is 36.5 Å². The number of unbranched alkanes of at least 4 members (excludes halogenated alkanes) is 38. The predicted octanol–water partition coefficient (Wildman–Crippen LogP) is 10.8. The molecular formula is C73H135NO18. The Kier molecular flexibility index (Phi) is 50.3. The summed E-state index contributed by atoms with van der Waals surface area (Å²) in [5.41, 5.74) is 0. The second-order valence-electron chi connectivity index (χ2n) is 26.8. The zero-order valence-electron chi connectivity index (χ0n) is 57.3. The quantitative estimate of drug-likeness (QED) is 0.0199. The minimum Gasteiger partial charge on any atom is -0.394 e. The van der Waals surface area contributed by atoms with Crippen molar-refractivity contribution in [2.24, 2.45) is 0 Å². The molecule has 0 saturated carbocycles. The summed E-state index contributed by atoms with van der Waals surface area (Å²) in [6.07, 6.45) is 38.3. The van der Waals surface area contributed by atoms with Crippen molar-refractivity contribution in [3.8, 4) is 0 Å². The minimum absolute atomic E-state index is 0.242. The number of aliphatic hydroxyl groups excluding tert-OH is 11. The van der Waals surface area contributed by atoms with Crippen LogP contribution in [-0.2, 0) is 33.2 Å². The van der Waals surface area contributed by atoms with Gasteiger partial charge in [0.25, 0.3) is 0 Å². The molecule has 19 nitrogen and oxygen atoms in total. The molecule has 0 bridgehead atoms. The van der Waals surface area contributed by atoms with E-state index in [1.807, 2.05) is 6.08 Å². The molecule has 3 fully saturated rings. The van der Waals surface area contributed by atoms with Crippen LogP contribution in [0.5, 0.6) is 0 Å². The van der Waals surface area contributed by atoms with Gasteiger partial charge in [0.05, 0.1) is 38.6 Å². The molecule has 0 aromatic carbocycles. The third-order valence-corrected chi connectivity index (χ3v) is 18.7. The van der Waals surface area contributed by atoms with Crippen LogP contribution >= 0.6 is 0 Å². The van der Waals surface area contributed by atoms with Crippen molar-refractivity contribution >= 4 is 5.91 Å². The van der Waals surface area contributed by atoms with E-state index < -0.39 is 124 Å². The predicted molar refractivity (Wildman–Crippen MR) is 360 cm³/mol. The van der Waals surface area contributed by atoms with E-state index in [2.05, 4.69) is 43.5 Å². The number of ether oxygens (including phenoxy) is 6. The summed E-state index contributed by atoms with van der Waals surface area (Å²) in [6.45, 7) is 1.76. The maximum absolute atomic E-state index is 13.4. The summed E-state index contributed by atoms with van der Waals surface area (Å²) in [5.74, 6) is -0.274. The van der Waals surface area contributed by atoms with Crippen LogP contribution in [0.25, 0.3) is 0 Å². The first kappa shape index (κ1) is 84.2. The molecule has 3 heterocycles. The number of carbonyl (C=O) groups excluding carboxylic acids is 1. The molecule has 17 atom stereocenters. The molecule has 3 aliphatic rings. The van der Waals surface area contributed by atoms with Gasteiger partial charge in [-0.25, -0.2) is 0 Å². The molecule has 17 unspecified atom stereocenters. The van der Waals surface area contributed by atoms with Gasteiger partial charge in [0.2, 0.25) is 5.91 Å². The zero-order chi connectivity index (χ0) is 66.8. The SMILES string of the molecule is CCCCCCC/C=C\C/C=C\CCCCCCCCCCCCCC(=O)NC(COC1OC(CO)C(OC2OC(CO)C(OC3OC(CO)C(O)C(O)C3O)C(O)C2O)C(O)C1O)C(O)/C=C/CCCCCCCCCCCCCCCCCCCCCCCC. The third-order valence-electron chi connectivity index (χ3n) is 18.7. The number of aliphatic hydroxyl groups is 11. The van der Waals surface area contributed by atoms with Crippen LogP contribution < -0.4 is 5.32 Å². The van der Waals surface area contributed by atoms with Crippen LogP contribution in [-0.4, -0.2) is 193 Å². The number of rotatable bonds is 58. The first-order valence-electron chi connectivity index (χ1n) is 37.2. The number of allylic oxidation sites excluding steroid dienone is 5. The molecule has 3 saturated heterocycles. The fourth-order valence-corrected chi connectivity index (χ4v) is 12.6. The minimum atomic E-state index is -1.98. The fourth-order valence-electron chi connectivity index (χ4n) is 12.6. The van der Waals surface area contributed by atoms with Crippen LogP contribution in [0.3, 0.4) is 0 Å². The van der Waals surface area contributed by atoms with E-state index in [1.165, 1.54) is 205 Å². The summed E-state index contributed by atoms with van der Waals surface area (Å²) in [6, 6.07) is -0.975. The summed E-state index contributed by atoms with van der Waals surface area (Å²) in [5, 5.41) is 121. The van der Waals surface area contributed by atoms with Crippen LogP contribution in [0.15, 0.2) is 36.5 Å². The Labute approximate surface area is 555 Å². The highest BCUT2D eigenvalue weighted by molar-refractivity contribution is 5.76. The summed E-state index contributed by atoms with van der Waals surface area (Å²) in [7, 11) is 0. The van der Waals surface area contributed by atoms with Gasteiger partial charge >= 0.3 is 0 Å². The number of amides is 1. The highest BCUT2D eigenvalue weighted by Gasteiger charge is 2.53. The molecule has 540 valence electrons. The number of carbonyl (C=O) groups is 1. The Morgan fingerprint density at radius 2 is 0.717 bits per heavy atom. The molecule has 0 spiro atoms. The van der Waals surface area contributed by atoms with E-state index in [9.17, 15) is 61.0 Å². The van der Waals surface area contributed by atoms with E-state index in [0.29, 0.717) is 6.42 Å². The van der Waals surface area contributed by atoms with Crippen LogP contribution in [0, 0.1) is 0 Å². The number of nitrogens with one attached hydrogen (secondary N) is 1. The lowest BCUT2D eigenvalue weighted by atomic mass is 9.96. The Morgan fingerprint density at radius 3 is 1.11 bits per heavy atom. The molecule has 12 N–H and O–H groups in total. The molecule has 3 rings (SSSR count). The smallest absolute Gasteiger partial charge is 0.220 e. The highest BCUT2D eigenvalue weighted by atomic mass is 16.8. The largest absolute Gasteiger partial charge is 0.394 e. The zero-order valence-corrected chi connectivity index (χ0v) is 57.3. The van der Waals surface area contributed by atoms with Crippen molar-refractivity contribution in [2.75, 3.05) is 26.4 Å². The maximum atomic E-state index is 13.4. The Morgan fingerprint density at radius 1 is 0.391 bits per heavy atom. The van der Waals surface area contributed by atoms with Gasteiger partial charge in [-0.1, -0.05) is 269 Å². The second-order valence-corrected chi connectivity index (χ2v) is 26.8. The fraction of sp³-hybridized carbons (Fsp3) is 0.904. The van der Waals surface area contributed by atoms with Gasteiger partial charge in [-0.2, -0.15) is 0 Å². The van der Waals surface area contributed by atoms with Gasteiger partial charge in [-0.15, -0.1) is 0 Å². The van der Waals surface area contributed by atoms with E-state index in [0.717, 1.165) is 57.8 Å². The Hall–Kier alpha value is -1.99. The van der Waals surface area contributed by atoms with Gasteiger partial charge in [0, 0.05) is 6.42 Å². The average Bonchev–Trinajstić information content (AvgIpc) is 0.838. The molecule has 92 heavy (non-hydrogen) atoms. The lowest BCUT2D eigenvalue weighted by Gasteiger charge is -2.48. The van der Waals surface area contributed by atoms with Crippen LogP contribution in [0.1, 0.15) is 290 Å². The van der Waals surface area contributed by atoms with Crippen molar-refractivity contribution < 1.29 is 89.4 Å². The molecule has 19 heteroatoms. The molecular weight excluding hydrogens is 1180 g/mol. The first-order chi connectivity index (χ1) is 44.8. The second kappa shape index (κ2) is 55.0. The van der Waals surface area contributed by atoms with Crippen molar-refractivity contribution in [3.63, 3.8) is 0 Å². The van der Waals surface area contributed by atoms with Gasteiger partial charge in [-0.05, 0) is 51.4 Å². The average molecular weight is 1310 g/mol. The van der Waals surface area contributed by atoms with E-state index >= 15 is 0 Å². The van der Waals surface area contributed by atoms with Crippen molar-refractivity contribution in [1.82, 2.24) is 5.32 Å². The Balaban J connectivity index is 1.42. The lowest BCUT2D eigenvalue weighted by Crippen LogP contribution is -2.66. The van der Waals surface area contributed by atoms with E-state index in [1.54, 1.807) is 6.08 Å². The molecule has 0 aromatic rings. The van der Waals surface area contributed by atoms with Crippen LogP contribution in [0.4, 0.5) is 0 Å². The van der Waals surface area contributed by atoms with Gasteiger partial charge < -0.3 is 89.9 Å². The lowest BCUT2D eigenvalue weighted by molar-refractivity contribution is -0.379. The maximum Gasteiger partial charge on any atom is 0.220 e. The number of hydrogen-bond donors (Lipinski definition) is 12. The van der Waals surface area contributed by atoms with E-state index in [-0.39, 0.29) is 18.9 Å². The van der Waals surface area contributed by atoms with Gasteiger partial charge in [-0.3, -0.25) is 4.79 Å². The summed E-state index contributed by atoms with van der Waals surface area (Å²) >= 11 is 0. The van der Waals surface area contributed by atoms with Crippen molar-refractivity contribution in [2.45, 2.75) is 394 Å². The van der Waals surface area contributed by atoms with E-state index in [4.69, 9.17) is 28.4 Å². The van der Waals surface area contributed by atoms with Crippen molar-refractivity contribution in [1.29, 1.82) is 0 Å².